The molecular weight excluding hydrogens is 214 g/mol. The number of nitrogens with one attached hydrogen (secondary N) is 1. The Morgan fingerprint density at radius 1 is 1.64 bits per heavy atom. The molecule has 1 atom stereocenters. The summed E-state index contributed by atoms with van der Waals surface area (Å²) in [4.78, 5) is 13.8. The first-order valence-electron chi connectivity index (χ1n) is 4.60. The Labute approximate surface area is 94.1 Å². The standard InChI is InChI=1S/C10H15NOS2/c1-7-3-4-9(14-7)8(2)11-10(12)5-6-13/h3-4,8,13H,5-6H2,1-2H3,(H,11,12). The fourth-order valence-corrected chi connectivity index (χ4v) is 2.26. The lowest BCUT2D eigenvalue weighted by molar-refractivity contribution is -0.121. The van der Waals surface area contributed by atoms with Gasteiger partial charge in [0.05, 0.1) is 6.04 Å². The monoisotopic (exact) mass is 229 g/mol. The zero-order valence-electron chi connectivity index (χ0n) is 8.41. The van der Waals surface area contributed by atoms with Crippen LogP contribution >= 0.6 is 24.0 Å². The van der Waals surface area contributed by atoms with Crippen LogP contribution in [0.3, 0.4) is 0 Å². The van der Waals surface area contributed by atoms with E-state index < -0.39 is 0 Å². The van der Waals surface area contributed by atoms with Crippen molar-refractivity contribution >= 4 is 29.9 Å². The van der Waals surface area contributed by atoms with Crippen LogP contribution in [-0.2, 0) is 4.79 Å². The largest absolute Gasteiger partial charge is 0.349 e. The average Bonchev–Trinajstić information content (AvgIpc) is 2.52. The predicted molar refractivity (Wildman–Crippen MR) is 64.1 cm³/mol. The third-order valence-electron chi connectivity index (χ3n) is 1.90. The van der Waals surface area contributed by atoms with Crippen LogP contribution in [0.15, 0.2) is 12.1 Å². The first-order valence-corrected chi connectivity index (χ1v) is 6.05. The summed E-state index contributed by atoms with van der Waals surface area (Å²) < 4.78 is 0. The van der Waals surface area contributed by atoms with E-state index in [4.69, 9.17) is 0 Å². The summed E-state index contributed by atoms with van der Waals surface area (Å²) in [6.45, 7) is 4.07. The minimum atomic E-state index is 0.0681. The first-order chi connectivity index (χ1) is 6.63. The lowest BCUT2D eigenvalue weighted by atomic mass is 10.2. The molecule has 78 valence electrons. The summed E-state index contributed by atoms with van der Waals surface area (Å²) in [5.74, 6) is 0.667. The van der Waals surface area contributed by atoms with Gasteiger partial charge in [0.2, 0.25) is 5.91 Å². The SMILES string of the molecule is Cc1ccc(C(C)NC(=O)CCS)s1. The molecule has 0 aliphatic rings. The van der Waals surface area contributed by atoms with Gasteiger partial charge in [-0.3, -0.25) is 4.79 Å². The molecule has 2 nitrogen and oxygen atoms in total. The van der Waals surface area contributed by atoms with Gasteiger partial charge >= 0.3 is 0 Å². The molecule has 1 aromatic heterocycles. The van der Waals surface area contributed by atoms with Crippen molar-refractivity contribution in [1.82, 2.24) is 5.32 Å². The van der Waals surface area contributed by atoms with E-state index in [2.05, 4.69) is 37.0 Å². The zero-order valence-corrected chi connectivity index (χ0v) is 10.1. The summed E-state index contributed by atoms with van der Waals surface area (Å²) in [6.07, 6.45) is 0.484. The molecule has 0 aliphatic heterocycles. The summed E-state index contributed by atoms with van der Waals surface area (Å²) in [5.41, 5.74) is 0. The molecule has 1 heterocycles. The second-order valence-electron chi connectivity index (χ2n) is 3.21. The van der Waals surface area contributed by atoms with Crippen molar-refractivity contribution in [1.29, 1.82) is 0 Å². The maximum absolute atomic E-state index is 11.3. The molecule has 0 aromatic carbocycles. The van der Waals surface area contributed by atoms with E-state index in [-0.39, 0.29) is 11.9 Å². The maximum Gasteiger partial charge on any atom is 0.221 e. The number of carbonyl (C=O) groups excluding carboxylic acids is 1. The van der Waals surface area contributed by atoms with E-state index in [1.165, 1.54) is 9.75 Å². The van der Waals surface area contributed by atoms with Crippen LogP contribution in [-0.4, -0.2) is 11.7 Å². The van der Waals surface area contributed by atoms with Gasteiger partial charge in [-0.1, -0.05) is 0 Å². The van der Waals surface area contributed by atoms with Crippen LogP contribution in [0.5, 0.6) is 0 Å². The van der Waals surface area contributed by atoms with Crippen LogP contribution in [0.1, 0.15) is 29.1 Å². The zero-order chi connectivity index (χ0) is 10.6. The highest BCUT2D eigenvalue weighted by Gasteiger charge is 2.09. The van der Waals surface area contributed by atoms with E-state index in [0.717, 1.165) is 0 Å². The van der Waals surface area contributed by atoms with E-state index >= 15 is 0 Å². The van der Waals surface area contributed by atoms with E-state index in [9.17, 15) is 4.79 Å². The maximum atomic E-state index is 11.3. The van der Waals surface area contributed by atoms with E-state index in [1.807, 2.05) is 6.92 Å². The van der Waals surface area contributed by atoms with Gasteiger partial charge in [-0.05, 0) is 31.7 Å². The van der Waals surface area contributed by atoms with Gasteiger partial charge in [-0.2, -0.15) is 12.6 Å². The van der Waals surface area contributed by atoms with Gasteiger partial charge in [0.25, 0.3) is 0 Å². The van der Waals surface area contributed by atoms with Crippen LogP contribution in [0.4, 0.5) is 0 Å². The number of hydrogen-bond acceptors (Lipinski definition) is 3. The van der Waals surface area contributed by atoms with Gasteiger partial charge < -0.3 is 5.32 Å². The first kappa shape index (κ1) is 11.6. The van der Waals surface area contributed by atoms with Crippen LogP contribution in [0.2, 0.25) is 0 Å². The number of amides is 1. The fraction of sp³-hybridized carbons (Fsp3) is 0.500. The number of thiol groups is 1. The quantitative estimate of drug-likeness (QED) is 0.763. The van der Waals surface area contributed by atoms with Gasteiger partial charge in [-0.25, -0.2) is 0 Å². The topological polar surface area (TPSA) is 29.1 Å². The van der Waals surface area contributed by atoms with Gasteiger partial charge in [0.1, 0.15) is 0 Å². The Hall–Kier alpha value is -0.480. The third-order valence-corrected chi connectivity index (χ3v) is 3.31. The smallest absolute Gasteiger partial charge is 0.221 e. The van der Waals surface area contributed by atoms with Crippen molar-refractivity contribution in [3.05, 3.63) is 21.9 Å². The molecule has 0 saturated carbocycles. The Kier molecular flexibility index (Phi) is 4.48. The summed E-state index contributed by atoms with van der Waals surface area (Å²) >= 11 is 5.74. The molecule has 0 saturated heterocycles. The molecule has 0 fully saturated rings. The minimum Gasteiger partial charge on any atom is -0.349 e. The second kappa shape index (κ2) is 5.41. The molecule has 0 radical (unpaired) electrons. The van der Waals surface area contributed by atoms with E-state index in [1.54, 1.807) is 11.3 Å². The summed E-state index contributed by atoms with van der Waals surface area (Å²) in [5, 5.41) is 2.93. The average molecular weight is 229 g/mol. The molecule has 1 unspecified atom stereocenters. The molecule has 1 rings (SSSR count). The molecule has 0 aliphatic carbocycles. The normalized spacial score (nSPS) is 12.5. The Morgan fingerprint density at radius 2 is 2.36 bits per heavy atom. The molecule has 0 spiro atoms. The lowest BCUT2D eigenvalue weighted by Gasteiger charge is -2.11. The molecule has 1 N–H and O–H groups in total. The van der Waals surface area contributed by atoms with Crippen molar-refractivity contribution in [3.63, 3.8) is 0 Å². The number of rotatable bonds is 4. The molecule has 14 heavy (non-hydrogen) atoms. The fourth-order valence-electron chi connectivity index (χ4n) is 1.17. The van der Waals surface area contributed by atoms with Gasteiger partial charge in [0.15, 0.2) is 0 Å². The Balaban J connectivity index is 2.50. The molecule has 1 amide bonds. The van der Waals surface area contributed by atoms with Crippen molar-refractivity contribution in [3.8, 4) is 0 Å². The number of carbonyl (C=O) groups is 1. The van der Waals surface area contributed by atoms with Crippen LogP contribution < -0.4 is 5.32 Å². The molecule has 4 heteroatoms. The Morgan fingerprint density at radius 3 is 2.86 bits per heavy atom. The summed E-state index contributed by atoms with van der Waals surface area (Å²) in [7, 11) is 0. The second-order valence-corrected chi connectivity index (χ2v) is 4.98. The highest BCUT2D eigenvalue weighted by atomic mass is 32.1. The van der Waals surface area contributed by atoms with Crippen molar-refractivity contribution in [2.45, 2.75) is 26.3 Å². The predicted octanol–water partition coefficient (Wildman–Crippen LogP) is 2.55. The number of thiophene rings is 1. The molecule has 0 bridgehead atoms. The van der Waals surface area contributed by atoms with Crippen LogP contribution in [0.25, 0.3) is 0 Å². The lowest BCUT2D eigenvalue weighted by Crippen LogP contribution is -2.26. The number of hydrogen-bond donors (Lipinski definition) is 2. The van der Waals surface area contributed by atoms with Gasteiger partial charge in [-0.15, -0.1) is 11.3 Å². The van der Waals surface area contributed by atoms with Gasteiger partial charge in [0, 0.05) is 16.2 Å². The third kappa shape index (κ3) is 3.35. The molecule has 1 aromatic rings. The minimum absolute atomic E-state index is 0.0681. The number of aryl methyl sites for hydroxylation is 1. The van der Waals surface area contributed by atoms with Crippen molar-refractivity contribution < 1.29 is 4.79 Å². The van der Waals surface area contributed by atoms with Crippen molar-refractivity contribution in [2.75, 3.05) is 5.75 Å². The van der Waals surface area contributed by atoms with Crippen molar-refractivity contribution in [2.24, 2.45) is 0 Å². The van der Waals surface area contributed by atoms with Crippen LogP contribution in [0, 0.1) is 6.92 Å². The molecular formula is C10H15NOS2. The summed E-state index contributed by atoms with van der Waals surface area (Å²) in [6, 6.07) is 4.24. The Bertz CT molecular complexity index is 309. The highest BCUT2D eigenvalue weighted by molar-refractivity contribution is 7.80. The van der Waals surface area contributed by atoms with E-state index in [0.29, 0.717) is 12.2 Å². The highest BCUT2D eigenvalue weighted by Crippen LogP contribution is 2.22.